The van der Waals surface area contributed by atoms with Gasteiger partial charge in [0.2, 0.25) is 0 Å². The van der Waals surface area contributed by atoms with E-state index in [9.17, 15) is 13.2 Å². The highest BCUT2D eigenvalue weighted by molar-refractivity contribution is 8.06. The van der Waals surface area contributed by atoms with Crippen molar-refractivity contribution in [2.24, 2.45) is 0 Å². The van der Waals surface area contributed by atoms with Crippen LogP contribution in [0.25, 0.3) is 0 Å². The zero-order valence-corrected chi connectivity index (χ0v) is 11.0. The summed E-state index contributed by atoms with van der Waals surface area (Å²) in [6.07, 6.45) is -4.43. The molecule has 1 aromatic rings. The summed E-state index contributed by atoms with van der Waals surface area (Å²) in [4.78, 5) is 0. The van der Waals surface area contributed by atoms with Crippen LogP contribution in [0.15, 0.2) is 12.1 Å². The Kier molecular flexibility index (Phi) is 4.60. The second-order valence-corrected chi connectivity index (χ2v) is 6.31. The molecule has 1 atom stereocenters. The summed E-state index contributed by atoms with van der Waals surface area (Å²) in [5, 5.41) is 10.2. The minimum absolute atomic E-state index is 0.388. The molecule has 1 aromatic heterocycles. The normalized spacial score (nSPS) is 20.7. The maximum absolute atomic E-state index is 12.3. The van der Waals surface area contributed by atoms with Crippen molar-refractivity contribution in [3.05, 3.63) is 17.8 Å². The van der Waals surface area contributed by atoms with Crippen molar-refractivity contribution in [3.8, 4) is 0 Å². The minimum Gasteiger partial charge on any atom is -0.367 e. The molecule has 1 fully saturated rings. The van der Waals surface area contributed by atoms with Gasteiger partial charge in [-0.25, -0.2) is 0 Å². The Morgan fingerprint density at radius 1 is 1.28 bits per heavy atom. The molecule has 1 aliphatic heterocycles. The number of nitrogens with one attached hydrogen (secondary N) is 1. The van der Waals surface area contributed by atoms with Gasteiger partial charge < -0.3 is 5.32 Å². The quantitative estimate of drug-likeness (QED) is 0.928. The molecule has 2 heterocycles. The van der Waals surface area contributed by atoms with Crippen LogP contribution in [0, 0.1) is 0 Å². The van der Waals surface area contributed by atoms with Gasteiger partial charge >= 0.3 is 6.18 Å². The molecule has 0 spiro atoms. The first-order valence-corrected chi connectivity index (χ1v) is 7.60. The van der Waals surface area contributed by atoms with Crippen molar-refractivity contribution < 1.29 is 13.2 Å². The van der Waals surface area contributed by atoms with Gasteiger partial charge in [-0.1, -0.05) is 0 Å². The molecule has 0 aromatic carbocycles. The maximum atomic E-state index is 12.3. The summed E-state index contributed by atoms with van der Waals surface area (Å²) < 4.78 is 36.8. The lowest BCUT2D eigenvalue weighted by Crippen LogP contribution is -2.23. The number of rotatable bonds is 3. The van der Waals surface area contributed by atoms with E-state index in [0.717, 1.165) is 17.6 Å². The van der Waals surface area contributed by atoms with Crippen LogP contribution in [0.2, 0.25) is 0 Å². The molecule has 0 radical (unpaired) electrons. The van der Waals surface area contributed by atoms with Crippen molar-refractivity contribution in [2.45, 2.75) is 11.4 Å². The summed E-state index contributed by atoms with van der Waals surface area (Å²) in [5.41, 5.74) is -0.962. The highest BCUT2D eigenvalue weighted by atomic mass is 32.2. The lowest BCUT2D eigenvalue weighted by atomic mass is 10.3. The van der Waals surface area contributed by atoms with Crippen LogP contribution >= 0.6 is 23.5 Å². The molecule has 1 saturated heterocycles. The first kappa shape index (κ1) is 13.8. The zero-order valence-electron chi connectivity index (χ0n) is 9.41. The van der Waals surface area contributed by atoms with Crippen LogP contribution in [-0.4, -0.2) is 39.3 Å². The monoisotopic (exact) mass is 295 g/mol. The van der Waals surface area contributed by atoms with Crippen LogP contribution in [0.4, 0.5) is 19.0 Å². The number of thioether (sulfide) groups is 2. The van der Waals surface area contributed by atoms with E-state index >= 15 is 0 Å². The molecule has 0 amide bonds. The lowest BCUT2D eigenvalue weighted by Gasteiger charge is -2.21. The average molecular weight is 295 g/mol. The number of alkyl halides is 3. The third kappa shape index (κ3) is 3.94. The largest absolute Gasteiger partial charge is 0.435 e. The van der Waals surface area contributed by atoms with E-state index in [1.807, 2.05) is 23.5 Å². The second-order valence-electron chi connectivity index (χ2n) is 3.75. The Balaban J connectivity index is 1.86. The van der Waals surface area contributed by atoms with Crippen LogP contribution < -0.4 is 5.32 Å². The molecule has 1 aliphatic rings. The minimum atomic E-state index is -4.43. The number of aromatic nitrogens is 2. The molecule has 1 unspecified atom stereocenters. The predicted molar refractivity (Wildman–Crippen MR) is 69.1 cm³/mol. The summed E-state index contributed by atoms with van der Waals surface area (Å²) in [5.74, 6) is 3.74. The first-order chi connectivity index (χ1) is 8.55. The first-order valence-electron chi connectivity index (χ1n) is 5.40. The van der Waals surface area contributed by atoms with Crippen molar-refractivity contribution >= 4 is 29.3 Å². The van der Waals surface area contributed by atoms with Gasteiger partial charge in [-0.05, 0) is 12.1 Å². The van der Waals surface area contributed by atoms with Gasteiger partial charge in [-0.15, -0.1) is 10.2 Å². The highest BCUT2D eigenvalue weighted by Crippen LogP contribution is 2.27. The van der Waals surface area contributed by atoms with Crippen LogP contribution in [0.1, 0.15) is 5.69 Å². The molecule has 1 N–H and O–H groups in total. The van der Waals surface area contributed by atoms with E-state index < -0.39 is 11.9 Å². The number of hydrogen-bond donors (Lipinski definition) is 1. The van der Waals surface area contributed by atoms with Crippen molar-refractivity contribution in [2.75, 3.05) is 29.1 Å². The molecule has 0 bridgehead atoms. The van der Waals surface area contributed by atoms with Gasteiger partial charge in [-0.3, -0.25) is 0 Å². The number of anilines is 1. The van der Waals surface area contributed by atoms with Crippen molar-refractivity contribution in [1.29, 1.82) is 0 Å². The van der Waals surface area contributed by atoms with Crippen LogP contribution in [0.3, 0.4) is 0 Å². The molecule has 2 rings (SSSR count). The van der Waals surface area contributed by atoms with E-state index in [2.05, 4.69) is 15.5 Å². The van der Waals surface area contributed by atoms with Gasteiger partial charge in [-0.2, -0.15) is 36.7 Å². The van der Waals surface area contributed by atoms with E-state index in [0.29, 0.717) is 17.6 Å². The van der Waals surface area contributed by atoms with Gasteiger partial charge in [0.05, 0.1) is 0 Å². The SMILES string of the molecule is FC(F)(F)c1ccc(NCC2CSCCS2)nn1. The predicted octanol–water partition coefficient (Wildman–Crippen LogP) is 2.76. The number of nitrogens with zero attached hydrogens (tertiary/aromatic N) is 2. The topological polar surface area (TPSA) is 37.8 Å². The maximum Gasteiger partial charge on any atom is 0.435 e. The van der Waals surface area contributed by atoms with E-state index in [1.54, 1.807) is 0 Å². The summed E-state index contributed by atoms with van der Waals surface area (Å²) in [6, 6.07) is 2.26. The van der Waals surface area contributed by atoms with Crippen molar-refractivity contribution in [3.63, 3.8) is 0 Å². The van der Waals surface area contributed by atoms with Gasteiger partial charge in [0, 0.05) is 29.1 Å². The third-order valence-corrected chi connectivity index (χ3v) is 5.20. The fourth-order valence-electron chi connectivity index (χ4n) is 1.45. The number of halogens is 3. The zero-order chi connectivity index (χ0) is 13.0. The fraction of sp³-hybridized carbons (Fsp3) is 0.600. The summed E-state index contributed by atoms with van der Waals surface area (Å²) in [6.45, 7) is 0.706. The lowest BCUT2D eigenvalue weighted by molar-refractivity contribution is -0.141. The van der Waals surface area contributed by atoms with E-state index in [4.69, 9.17) is 0 Å². The molecular weight excluding hydrogens is 283 g/mol. The van der Waals surface area contributed by atoms with Gasteiger partial charge in [0.1, 0.15) is 5.82 Å². The Bertz CT molecular complexity index is 377. The third-order valence-electron chi connectivity index (χ3n) is 2.35. The molecule has 100 valence electrons. The van der Waals surface area contributed by atoms with Crippen LogP contribution in [-0.2, 0) is 6.18 Å². The molecule has 18 heavy (non-hydrogen) atoms. The van der Waals surface area contributed by atoms with E-state index in [1.165, 1.54) is 11.8 Å². The molecule has 3 nitrogen and oxygen atoms in total. The second kappa shape index (κ2) is 6.01. The van der Waals surface area contributed by atoms with Gasteiger partial charge in [0.15, 0.2) is 5.69 Å². The molecule has 0 saturated carbocycles. The Labute approximate surface area is 111 Å². The summed E-state index contributed by atoms with van der Waals surface area (Å²) in [7, 11) is 0. The smallest absolute Gasteiger partial charge is 0.367 e. The van der Waals surface area contributed by atoms with E-state index in [-0.39, 0.29) is 0 Å². The Hall–Kier alpha value is -0.630. The Morgan fingerprint density at radius 2 is 2.11 bits per heavy atom. The molecular formula is C10H12F3N3S2. The number of hydrogen-bond acceptors (Lipinski definition) is 5. The van der Waals surface area contributed by atoms with Gasteiger partial charge in [0.25, 0.3) is 0 Å². The van der Waals surface area contributed by atoms with Crippen LogP contribution in [0.5, 0.6) is 0 Å². The Morgan fingerprint density at radius 3 is 2.67 bits per heavy atom. The average Bonchev–Trinajstić information content (AvgIpc) is 2.37. The van der Waals surface area contributed by atoms with Crippen molar-refractivity contribution in [1.82, 2.24) is 10.2 Å². The summed E-state index contributed by atoms with van der Waals surface area (Å²) >= 11 is 3.78. The fourth-order valence-corrected chi connectivity index (χ4v) is 4.06. The highest BCUT2D eigenvalue weighted by Gasteiger charge is 2.32. The standard InChI is InChI=1S/C10H12F3N3S2/c11-10(12,13)8-1-2-9(16-15-8)14-5-7-6-17-3-4-18-7/h1-2,7H,3-6H2,(H,14,16). The molecule has 0 aliphatic carbocycles. The molecule has 8 heteroatoms.